The maximum Gasteiger partial charge on any atom is 0.261 e. The number of hydrogen-bond acceptors (Lipinski definition) is 4. The molecule has 3 rings (SSSR count). The molecule has 2 aliphatic rings. The third-order valence-corrected chi connectivity index (χ3v) is 4.58. The van der Waals surface area contributed by atoms with E-state index in [-0.39, 0.29) is 24.1 Å². The van der Waals surface area contributed by atoms with Gasteiger partial charge in [0.2, 0.25) is 0 Å². The number of ether oxygens (including phenoxy) is 2. The highest BCUT2D eigenvalue weighted by molar-refractivity contribution is 6.00. The Morgan fingerprint density at radius 1 is 1.14 bits per heavy atom. The van der Waals surface area contributed by atoms with Gasteiger partial charge in [-0.3, -0.25) is 4.79 Å². The number of nitrogens with zero attached hydrogens (tertiary/aromatic N) is 1. The van der Waals surface area contributed by atoms with Crippen LogP contribution in [0.15, 0.2) is 18.2 Å². The molecule has 2 bridgehead atoms. The van der Waals surface area contributed by atoms with Gasteiger partial charge in [0.25, 0.3) is 5.91 Å². The van der Waals surface area contributed by atoms with E-state index >= 15 is 0 Å². The van der Waals surface area contributed by atoms with Gasteiger partial charge in [0.15, 0.2) is 0 Å². The summed E-state index contributed by atoms with van der Waals surface area (Å²) in [6.07, 6.45) is 2.97. The highest BCUT2D eigenvalue weighted by atomic mass is 16.5. The standard InChI is InChI=1S/C16H21NO4/c1-20-13-4-3-5-14(21-2)15(13)16(19)17-10-6-7-11(17)9-12(18)8-10/h3-5,10-12,18H,6-9H2,1-2H3. The molecule has 2 atom stereocenters. The SMILES string of the molecule is COc1cccc(OC)c1C(=O)N1C2CCC1CC(O)C2. The molecule has 0 aromatic heterocycles. The zero-order valence-corrected chi connectivity index (χ0v) is 12.4. The fourth-order valence-electron chi connectivity index (χ4n) is 3.67. The molecule has 1 aromatic rings. The lowest BCUT2D eigenvalue weighted by molar-refractivity contribution is 0.0282. The van der Waals surface area contributed by atoms with Crippen LogP contribution < -0.4 is 9.47 Å². The molecule has 2 saturated heterocycles. The lowest BCUT2D eigenvalue weighted by Crippen LogP contribution is -2.48. The number of methoxy groups -OCH3 is 2. The number of rotatable bonds is 3. The van der Waals surface area contributed by atoms with E-state index in [1.54, 1.807) is 26.4 Å². The van der Waals surface area contributed by atoms with E-state index in [2.05, 4.69) is 0 Å². The normalized spacial score (nSPS) is 27.6. The number of benzene rings is 1. The molecular weight excluding hydrogens is 270 g/mol. The van der Waals surface area contributed by atoms with Gasteiger partial charge in [-0.15, -0.1) is 0 Å². The number of fused-ring (bicyclic) bond motifs is 2. The van der Waals surface area contributed by atoms with Gasteiger partial charge in [0.05, 0.1) is 20.3 Å². The van der Waals surface area contributed by atoms with E-state index in [9.17, 15) is 9.90 Å². The Kier molecular flexibility index (Phi) is 3.76. The van der Waals surface area contributed by atoms with Crippen molar-refractivity contribution in [1.29, 1.82) is 0 Å². The second kappa shape index (κ2) is 5.56. The van der Waals surface area contributed by atoms with Crippen LogP contribution in [0.2, 0.25) is 0 Å². The monoisotopic (exact) mass is 291 g/mol. The first-order chi connectivity index (χ1) is 10.2. The van der Waals surface area contributed by atoms with E-state index in [4.69, 9.17) is 9.47 Å². The molecule has 0 radical (unpaired) electrons. The summed E-state index contributed by atoms with van der Waals surface area (Å²) in [5.74, 6) is 1.01. The number of carbonyl (C=O) groups excluding carboxylic acids is 1. The van der Waals surface area contributed by atoms with Gasteiger partial charge < -0.3 is 19.5 Å². The summed E-state index contributed by atoms with van der Waals surface area (Å²) in [6, 6.07) is 5.61. The fraction of sp³-hybridized carbons (Fsp3) is 0.562. The summed E-state index contributed by atoms with van der Waals surface area (Å²) in [5, 5.41) is 9.87. The summed E-state index contributed by atoms with van der Waals surface area (Å²) >= 11 is 0. The Labute approximate surface area is 124 Å². The Bertz CT molecular complexity index is 509. The van der Waals surface area contributed by atoms with Crippen LogP contribution in [-0.4, -0.2) is 48.3 Å². The zero-order chi connectivity index (χ0) is 15.0. The molecule has 114 valence electrons. The van der Waals surface area contributed by atoms with E-state index < -0.39 is 0 Å². The molecule has 5 nitrogen and oxygen atoms in total. The van der Waals surface area contributed by atoms with Gasteiger partial charge in [-0.05, 0) is 37.8 Å². The van der Waals surface area contributed by atoms with Crippen molar-refractivity contribution in [2.75, 3.05) is 14.2 Å². The van der Waals surface area contributed by atoms with Crippen molar-refractivity contribution in [1.82, 2.24) is 4.90 Å². The summed E-state index contributed by atoms with van der Waals surface area (Å²) in [6.45, 7) is 0. The molecule has 2 heterocycles. The average molecular weight is 291 g/mol. The number of piperidine rings is 1. The molecule has 1 aromatic carbocycles. The maximum atomic E-state index is 13.0. The third-order valence-electron chi connectivity index (χ3n) is 4.58. The number of hydrogen-bond donors (Lipinski definition) is 1. The second-order valence-electron chi connectivity index (χ2n) is 5.76. The van der Waals surface area contributed by atoms with Gasteiger partial charge in [-0.1, -0.05) is 6.07 Å². The first-order valence-corrected chi connectivity index (χ1v) is 7.37. The number of aliphatic hydroxyl groups is 1. The molecule has 21 heavy (non-hydrogen) atoms. The molecular formula is C16H21NO4. The summed E-state index contributed by atoms with van der Waals surface area (Å²) < 4.78 is 10.7. The third kappa shape index (κ3) is 2.35. The predicted octanol–water partition coefficient (Wildman–Crippen LogP) is 1.83. The molecule has 2 unspecified atom stereocenters. The molecule has 5 heteroatoms. The lowest BCUT2D eigenvalue weighted by Gasteiger charge is -2.37. The minimum Gasteiger partial charge on any atom is -0.496 e. The van der Waals surface area contributed by atoms with Crippen LogP contribution in [-0.2, 0) is 0 Å². The van der Waals surface area contributed by atoms with Crippen molar-refractivity contribution < 1.29 is 19.4 Å². The second-order valence-corrected chi connectivity index (χ2v) is 5.76. The Morgan fingerprint density at radius 2 is 1.67 bits per heavy atom. The van der Waals surface area contributed by atoms with Crippen LogP contribution in [0, 0.1) is 0 Å². The summed E-state index contributed by atoms with van der Waals surface area (Å²) in [4.78, 5) is 14.9. The van der Waals surface area contributed by atoms with Crippen LogP contribution in [0.1, 0.15) is 36.0 Å². The van der Waals surface area contributed by atoms with Crippen molar-refractivity contribution in [2.24, 2.45) is 0 Å². The molecule has 0 spiro atoms. The van der Waals surface area contributed by atoms with E-state index in [1.165, 1.54) is 0 Å². The van der Waals surface area contributed by atoms with Crippen LogP contribution in [0.5, 0.6) is 11.5 Å². The van der Waals surface area contributed by atoms with E-state index in [1.807, 2.05) is 11.0 Å². The smallest absolute Gasteiger partial charge is 0.261 e. The van der Waals surface area contributed by atoms with Crippen LogP contribution >= 0.6 is 0 Å². The van der Waals surface area contributed by atoms with Crippen molar-refractivity contribution in [3.05, 3.63) is 23.8 Å². The average Bonchev–Trinajstić information content (AvgIpc) is 2.77. The Balaban J connectivity index is 1.96. The highest BCUT2D eigenvalue weighted by Crippen LogP contribution is 2.39. The summed E-state index contributed by atoms with van der Waals surface area (Å²) in [7, 11) is 3.11. The largest absolute Gasteiger partial charge is 0.496 e. The van der Waals surface area contributed by atoms with E-state index in [0.29, 0.717) is 29.9 Å². The van der Waals surface area contributed by atoms with Gasteiger partial charge >= 0.3 is 0 Å². The Morgan fingerprint density at radius 3 is 2.14 bits per heavy atom. The molecule has 2 fully saturated rings. The first kappa shape index (κ1) is 14.2. The van der Waals surface area contributed by atoms with Crippen molar-refractivity contribution in [3.8, 4) is 11.5 Å². The molecule has 2 aliphatic heterocycles. The maximum absolute atomic E-state index is 13.0. The Hall–Kier alpha value is -1.75. The first-order valence-electron chi connectivity index (χ1n) is 7.37. The molecule has 0 saturated carbocycles. The van der Waals surface area contributed by atoms with Gasteiger partial charge in [0.1, 0.15) is 17.1 Å². The zero-order valence-electron chi connectivity index (χ0n) is 12.4. The quantitative estimate of drug-likeness (QED) is 0.923. The van der Waals surface area contributed by atoms with Crippen molar-refractivity contribution >= 4 is 5.91 Å². The number of carbonyl (C=O) groups is 1. The van der Waals surface area contributed by atoms with Crippen molar-refractivity contribution in [3.63, 3.8) is 0 Å². The fourth-order valence-corrected chi connectivity index (χ4v) is 3.67. The molecule has 0 aliphatic carbocycles. The predicted molar refractivity (Wildman–Crippen MR) is 77.8 cm³/mol. The molecule has 1 amide bonds. The minimum absolute atomic E-state index is 0.0521. The summed E-state index contributed by atoms with van der Waals surface area (Å²) in [5.41, 5.74) is 0.482. The highest BCUT2D eigenvalue weighted by Gasteiger charge is 2.44. The minimum atomic E-state index is -0.286. The van der Waals surface area contributed by atoms with Crippen LogP contribution in [0.4, 0.5) is 0 Å². The molecule has 1 N–H and O–H groups in total. The number of amides is 1. The van der Waals surface area contributed by atoms with Gasteiger partial charge in [-0.25, -0.2) is 0 Å². The van der Waals surface area contributed by atoms with Crippen molar-refractivity contribution in [2.45, 2.75) is 43.9 Å². The topological polar surface area (TPSA) is 59.0 Å². The van der Waals surface area contributed by atoms with Crippen LogP contribution in [0.3, 0.4) is 0 Å². The lowest BCUT2D eigenvalue weighted by atomic mass is 9.98. The van der Waals surface area contributed by atoms with Gasteiger partial charge in [-0.2, -0.15) is 0 Å². The van der Waals surface area contributed by atoms with E-state index in [0.717, 1.165) is 12.8 Å². The number of aliphatic hydroxyl groups excluding tert-OH is 1. The van der Waals surface area contributed by atoms with Gasteiger partial charge in [0, 0.05) is 12.1 Å². The van der Waals surface area contributed by atoms with Crippen LogP contribution in [0.25, 0.3) is 0 Å².